The van der Waals surface area contributed by atoms with Crippen molar-refractivity contribution < 1.29 is 8.85 Å². The Hall–Kier alpha value is 0.137. The lowest BCUT2D eigenvalue weighted by molar-refractivity contribution is 0.104. The normalized spacial score (nSPS) is 12.8. The van der Waals surface area contributed by atoms with Gasteiger partial charge in [-0.25, -0.2) is 0 Å². The lowest BCUT2D eigenvalue weighted by atomic mass is 10.3. The van der Waals surface area contributed by atoms with Gasteiger partial charge in [-0.05, 0) is 39.8 Å². The van der Waals surface area contributed by atoms with E-state index >= 15 is 0 Å². The van der Waals surface area contributed by atoms with Gasteiger partial charge in [-0.2, -0.15) is 0 Å². The summed E-state index contributed by atoms with van der Waals surface area (Å²) in [6.45, 7) is 12.9. The Morgan fingerprint density at radius 3 is 1.69 bits per heavy atom. The van der Waals surface area contributed by atoms with Crippen LogP contribution in [-0.2, 0) is 8.85 Å². The minimum atomic E-state index is -1.93. The average molecular weight is 246 g/mol. The van der Waals surface area contributed by atoms with E-state index < -0.39 is 8.56 Å². The molecule has 0 aromatic heterocycles. The van der Waals surface area contributed by atoms with E-state index in [9.17, 15) is 0 Å². The molecule has 0 aliphatic carbocycles. The molecular weight excluding hydrogens is 216 g/mol. The van der Waals surface area contributed by atoms with Gasteiger partial charge in [0.25, 0.3) is 0 Å². The number of unbranched alkanes of at least 4 members (excludes halogenated alkanes) is 2. The van der Waals surface area contributed by atoms with Crippen LogP contribution in [0.15, 0.2) is 0 Å². The summed E-state index contributed by atoms with van der Waals surface area (Å²) < 4.78 is 12.3. The molecule has 2 nitrogen and oxygen atoms in total. The maximum absolute atomic E-state index is 6.16. The summed E-state index contributed by atoms with van der Waals surface area (Å²) in [6, 6.07) is 2.21. The van der Waals surface area contributed by atoms with Crippen LogP contribution in [0.2, 0.25) is 12.1 Å². The van der Waals surface area contributed by atoms with Crippen molar-refractivity contribution in [3.8, 4) is 0 Å². The van der Waals surface area contributed by atoms with Crippen molar-refractivity contribution in [2.45, 2.75) is 85.1 Å². The highest BCUT2D eigenvalue weighted by atomic mass is 28.4. The SMILES string of the molecule is CCCCC[Si](CC)(OC(C)C)OC(C)C. The number of hydrogen-bond acceptors (Lipinski definition) is 2. The summed E-state index contributed by atoms with van der Waals surface area (Å²) in [6.07, 6.45) is 4.37. The average Bonchev–Trinajstić information content (AvgIpc) is 2.16. The van der Waals surface area contributed by atoms with Gasteiger partial charge < -0.3 is 8.85 Å². The highest BCUT2D eigenvalue weighted by Crippen LogP contribution is 2.25. The van der Waals surface area contributed by atoms with Crippen LogP contribution in [0, 0.1) is 0 Å². The Morgan fingerprint density at radius 2 is 1.38 bits per heavy atom. The first-order chi connectivity index (χ1) is 7.45. The molecule has 0 atom stereocenters. The van der Waals surface area contributed by atoms with Crippen LogP contribution < -0.4 is 0 Å². The molecule has 0 unspecified atom stereocenters. The van der Waals surface area contributed by atoms with E-state index in [1.165, 1.54) is 19.3 Å². The second-order valence-electron chi connectivity index (χ2n) is 5.05. The Bertz CT molecular complexity index is 159. The third kappa shape index (κ3) is 6.66. The zero-order valence-electron chi connectivity index (χ0n) is 12.0. The van der Waals surface area contributed by atoms with Crippen molar-refractivity contribution in [3.63, 3.8) is 0 Å². The van der Waals surface area contributed by atoms with Gasteiger partial charge in [0.1, 0.15) is 0 Å². The smallest absolute Gasteiger partial charge is 0.338 e. The van der Waals surface area contributed by atoms with E-state index in [2.05, 4.69) is 41.5 Å². The maximum atomic E-state index is 6.16. The van der Waals surface area contributed by atoms with Gasteiger partial charge in [-0.3, -0.25) is 0 Å². The molecule has 0 aromatic carbocycles. The van der Waals surface area contributed by atoms with Crippen LogP contribution in [0.4, 0.5) is 0 Å². The van der Waals surface area contributed by atoms with Gasteiger partial charge in [-0.1, -0.05) is 33.1 Å². The lowest BCUT2D eigenvalue weighted by Gasteiger charge is -2.33. The molecular formula is C13H30O2Si. The van der Waals surface area contributed by atoms with Crippen molar-refractivity contribution in [3.05, 3.63) is 0 Å². The van der Waals surface area contributed by atoms with Gasteiger partial charge in [0.05, 0.1) is 0 Å². The van der Waals surface area contributed by atoms with Crippen molar-refractivity contribution >= 4 is 8.56 Å². The first kappa shape index (κ1) is 16.1. The standard InChI is InChI=1S/C13H30O2Si/c1-7-9-10-11-16(8-2,14-12(3)4)15-13(5)6/h12-13H,7-11H2,1-6H3. The van der Waals surface area contributed by atoms with Gasteiger partial charge >= 0.3 is 8.56 Å². The minimum absolute atomic E-state index is 0.284. The van der Waals surface area contributed by atoms with Crippen LogP contribution in [0.25, 0.3) is 0 Å². The van der Waals surface area contributed by atoms with Crippen molar-refractivity contribution in [1.82, 2.24) is 0 Å². The monoisotopic (exact) mass is 246 g/mol. The Kier molecular flexibility index (Phi) is 8.33. The quantitative estimate of drug-likeness (QED) is 0.441. The second-order valence-corrected chi connectivity index (χ2v) is 8.55. The highest BCUT2D eigenvalue weighted by Gasteiger charge is 2.36. The molecule has 3 heteroatoms. The van der Waals surface area contributed by atoms with Crippen LogP contribution in [0.5, 0.6) is 0 Å². The summed E-state index contributed by atoms with van der Waals surface area (Å²) in [5, 5.41) is 0. The van der Waals surface area contributed by atoms with Crippen LogP contribution in [0.3, 0.4) is 0 Å². The fourth-order valence-electron chi connectivity index (χ4n) is 1.99. The maximum Gasteiger partial charge on any atom is 0.338 e. The molecule has 0 saturated heterocycles. The Labute approximate surface area is 103 Å². The molecule has 0 amide bonds. The first-order valence-electron chi connectivity index (χ1n) is 6.81. The molecule has 0 aliphatic heterocycles. The molecule has 98 valence electrons. The van der Waals surface area contributed by atoms with E-state index in [1.807, 2.05) is 0 Å². The molecule has 16 heavy (non-hydrogen) atoms. The summed E-state index contributed by atoms with van der Waals surface area (Å²) >= 11 is 0. The van der Waals surface area contributed by atoms with Crippen LogP contribution >= 0.6 is 0 Å². The number of rotatable bonds is 9. The third-order valence-electron chi connectivity index (χ3n) is 2.60. The van der Waals surface area contributed by atoms with E-state index in [-0.39, 0.29) is 12.2 Å². The molecule has 0 spiro atoms. The molecule has 0 N–H and O–H groups in total. The van der Waals surface area contributed by atoms with Crippen molar-refractivity contribution in [2.24, 2.45) is 0 Å². The highest BCUT2D eigenvalue weighted by molar-refractivity contribution is 6.67. The van der Waals surface area contributed by atoms with E-state index in [1.54, 1.807) is 0 Å². The molecule has 0 rings (SSSR count). The lowest BCUT2D eigenvalue weighted by Crippen LogP contribution is -2.45. The van der Waals surface area contributed by atoms with E-state index in [4.69, 9.17) is 8.85 Å². The summed E-state index contributed by atoms with van der Waals surface area (Å²) in [4.78, 5) is 0. The van der Waals surface area contributed by atoms with Crippen LogP contribution in [-0.4, -0.2) is 20.8 Å². The predicted octanol–water partition coefficient (Wildman–Crippen LogP) is 4.49. The fraction of sp³-hybridized carbons (Fsp3) is 1.00. The zero-order chi connectivity index (χ0) is 12.6. The molecule has 0 heterocycles. The molecule has 0 saturated carbocycles. The second kappa shape index (κ2) is 8.26. The Balaban J connectivity index is 4.40. The van der Waals surface area contributed by atoms with Gasteiger partial charge in [0.15, 0.2) is 0 Å². The molecule has 0 aromatic rings. The molecule has 0 aliphatic rings. The summed E-state index contributed by atoms with van der Waals surface area (Å²) in [7, 11) is -1.93. The predicted molar refractivity (Wildman–Crippen MR) is 73.0 cm³/mol. The van der Waals surface area contributed by atoms with E-state index in [0.29, 0.717) is 0 Å². The number of hydrogen-bond donors (Lipinski definition) is 0. The van der Waals surface area contributed by atoms with Crippen LogP contribution in [0.1, 0.15) is 60.8 Å². The minimum Gasteiger partial charge on any atom is -0.392 e. The van der Waals surface area contributed by atoms with Crippen molar-refractivity contribution in [1.29, 1.82) is 0 Å². The molecule has 0 radical (unpaired) electrons. The Morgan fingerprint density at radius 1 is 0.875 bits per heavy atom. The molecule has 0 bridgehead atoms. The van der Waals surface area contributed by atoms with Gasteiger partial charge in [-0.15, -0.1) is 0 Å². The summed E-state index contributed by atoms with van der Waals surface area (Å²) in [5.74, 6) is 0. The van der Waals surface area contributed by atoms with Crippen molar-refractivity contribution in [2.75, 3.05) is 0 Å². The zero-order valence-corrected chi connectivity index (χ0v) is 13.0. The van der Waals surface area contributed by atoms with Gasteiger partial charge in [0, 0.05) is 12.2 Å². The van der Waals surface area contributed by atoms with Gasteiger partial charge in [0.2, 0.25) is 0 Å². The molecule has 0 fully saturated rings. The summed E-state index contributed by atoms with van der Waals surface area (Å²) in [5.41, 5.74) is 0. The topological polar surface area (TPSA) is 18.5 Å². The third-order valence-corrected chi connectivity index (χ3v) is 6.60. The van der Waals surface area contributed by atoms with E-state index in [0.717, 1.165) is 12.1 Å². The fourth-order valence-corrected chi connectivity index (χ4v) is 5.48. The first-order valence-corrected chi connectivity index (χ1v) is 9.04. The largest absolute Gasteiger partial charge is 0.392 e.